The molecular formula is C34H38N2O5S. The minimum absolute atomic E-state index is 0.0636. The Morgan fingerprint density at radius 3 is 2.62 bits per heavy atom. The van der Waals surface area contributed by atoms with E-state index in [2.05, 4.69) is 34.1 Å². The second kappa shape index (κ2) is 12.9. The molecule has 0 spiro atoms. The summed E-state index contributed by atoms with van der Waals surface area (Å²) in [5.41, 5.74) is 4.48. The Hall–Kier alpha value is -3.27. The molecule has 3 aromatic carbocycles. The van der Waals surface area contributed by atoms with Crippen LogP contribution in [0.2, 0.25) is 0 Å². The molecule has 0 aliphatic carbocycles. The number of thiophene rings is 1. The third-order valence-electron chi connectivity index (χ3n) is 8.56. The quantitative estimate of drug-likeness (QED) is 0.243. The molecule has 2 N–H and O–H groups in total. The molecule has 7 nitrogen and oxygen atoms in total. The third-order valence-corrected chi connectivity index (χ3v) is 9.76. The summed E-state index contributed by atoms with van der Waals surface area (Å²) in [4.78, 5) is 19.8. The Morgan fingerprint density at radius 2 is 1.86 bits per heavy atom. The lowest BCUT2D eigenvalue weighted by molar-refractivity contribution is 0.0339. The van der Waals surface area contributed by atoms with Crippen molar-refractivity contribution in [2.45, 2.75) is 31.8 Å². The minimum Gasteiger partial charge on any atom is -0.508 e. The van der Waals surface area contributed by atoms with Crippen LogP contribution in [0, 0.1) is 0 Å². The summed E-state index contributed by atoms with van der Waals surface area (Å²) in [6.45, 7) is 6.15. The van der Waals surface area contributed by atoms with E-state index in [4.69, 9.17) is 9.47 Å². The molecule has 4 aromatic rings. The van der Waals surface area contributed by atoms with Gasteiger partial charge in [-0.1, -0.05) is 36.4 Å². The fourth-order valence-corrected chi connectivity index (χ4v) is 7.41. The smallest absolute Gasteiger partial charge is 0.195 e. The lowest BCUT2D eigenvalue weighted by atomic mass is 9.96. The van der Waals surface area contributed by atoms with Crippen LogP contribution in [-0.4, -0.2) is 84.9 Å². The Kier molecular flexibility index (Phi) is 8.88. The largest absolute Gasteiger partial charge is 0.508 e. The SMILES string of the molecule is COc1cc(C(=O)c2c(-c3ccc(CCN4CCC[C@H]4CO)cc3)sc3cc(O)ccc23)ccc1CN1CCOCC1. The van der Waals surface area contributed by atoms with Crippen molar-refractivity contribution in [2.75, 3.05) is 53.1 Å². The molecule has 1 atom stereocenters. The van der Waals surface area contributed by atoms with Crippen molar-refractivity contribution in [1.82, 2.24) is 9.80 Å². The van der Waals surface area contributed by atoms with Crippen LogP contribution >= 0.6 is 11.3 Å². The molecule has 6 rings (SSSR count). The molecule has 2 fully saturated rings. The van der Waals surface area contributed by atoms with E-state index >= 15 is 0 Å². The van der Waals surface area contributed by atoms with Gasteiger partial charge in [0.2, 0.25) is 0 Å². The molecule has 0 unspecified atom stereocenters. The fourth-order valence-electron chi connectivity index (χ4n) is 6.17. The first-order valence-electron chi connectivity index (χ1n) is 14.8. The second-order valence-electron chi connectivity index (χ2n) is 11.2. The van der Waals surface area contributed by atoms with Crippen molar-refractivity contribution in [3.63, 3.8) is 0 Å². The number of fused-ring (bicyclic) bond motifs is 1. The van der Waals surface area contributed by atoms with E-state index < -0.39 is 0 Å². The molecule has 2 aliphatic rings. The summed E-state index contributed by atoms with van der Waals surface area (Å²) in [7, 11) is 1.65. The van der Waals surface area contributed by atoms with E-state index in [1.165, 1.54) is 16.9 Å². The van der Waals surface area contributed by atoms with Gasteiger partial charge in [0.25, 0.3) is 0 Å². The number of hydrogen-bond acceptors (Lipinski definition) is 8. The number of rotatable bonds is 10. The summed E-state index contributed by atoms with van der Waals surface area (Å²) in [6.07, 6.45) is 3.13. The summed E-state index contributed by atoms with van der Waals surface area (Å²) >= 11 is 1.53. The monoisotopic (exact) mass is 586 g/mol. The lowest BCUT2D eigenvalue weighted by Crippen LogP contribution is -2.35. The van der Waals surface area contributed by atoms with Crippen LogP contribution in [0.4, 0.5) is 0 Å². The molecular weight excluding hydrogens is 548 g/mol. The van der Waals surface area contributed by atoms with Gasteiger partial charge in [-0.2, -0.15) is 0 Å². The summed E-state index contributed by atoms with van der Waals surface area (Å²) in [5, 5.41) is 20.7. The summed E-state index contributed by atoms with van der Waals surface area (Å²) in [5.74, 6) is 0.824. The predicted octanol–water partition coefficient (Wildman–Crippen LogP) is 5.34. The first-order valence-corrected chi connectivity index (χ1v) is 15.6. The first kappa shape index (κ1) is 28.8. The van der Waals surface area contributed by atoms with Crippen LogP contribution in [0.3, 0.4) is 0 Å². The van der Waals surface area contributed by atoms with Crippen molar-refractivity contribution < 1.29 is 24.5 Å². The number of phenols is 1. The topological polar surface area (TPSA) is 82.5 Å². The zero-order valence-electron chi connectivity index (χ0n) is 24.1. The van der Waals surface area contributed by atoms with E-state index in [-0.39, 0.29) is 24.2 Å². The van der Waals surface area contributed by atoms with Gasteiger partial charge >= 0.3 is 0 Å². The van der Waals surface area contributed by atoms with Gasteiger partial charge in [-0.3, -0.25) is 14.6 Å². The van der Waals surface area contributed by atoms with Gasteiger partial charge in [0.15, 0.2) is 5.78 Å². The van der Waals surface area contributed by atoms with E-state index in [0.717, 1.165) is 91.3 Å². The van der Waals surface area contributed by atoms with Crippen molar-refractivity contribution in [3.05, 3.63) is 82.9 Å². The average Bonchev–Trinajstić information content (AvgIpc) is 3.64. The maximum Gasteiger partial charge on any atom is 0.195 e. The Morgan fingerprint density at radius 1 is 1.05 bits per heavy atom. The molecule has 0 saturated carbocycles. The fraction of sp³-hybridized carbons (Fsp3) is 0.382. The van der Waals surface area contributed by atoms with Crippen molar-refractivity contribution in [2.24, 2.45) is 0 Å². The highest BCUT2D eigenvalue weighted by molar-refractivity contribution is 7.22. The zero-order chi connectivity index (χ0) is 29.1. The van der Waals surface area contributed by atoms with Crippen LogP contribution in [0.5, 0.6) is 11.5 Å². The molecule has 2 aliphatic heterocycles. The second-order valence-corrected chi connectivity index (χ2v) is 12.2. The van der Waals surface area contributed by atoms with Gasteiger partial charge < -0.3 is 19.7 Å². The number of morpholine rings is 1. The van der Waals surface area contributed by atoms with Gasteiger partial charge in [-0.15, -0.1) is 11.3 Å². The Balaban J connectivity index is 1.29. The first-order chi connectivity index (χ1) is 20.5. The van der Waals surface area contributed by atoms with Gasteiger partial charge in [0.05, 0.1) is 26.9 Å². The molecule has 8 heteroatoms. The van der Waals surface area contributed by atoms with Crippen LogP contribution in [0.1, 0.15) is 39.9 Å². The highest BCUT2D eigenvalue weighted by Gasteiger charge is 2.25. The lowest BCUT2D eigenvalue weighted by Gasteiger charge is -2.27. The van der Waals surface area contributed by atoms with Crippen LogP contribution in [-0.2, 0) is 17.7 Å². The molecule has 2 saturated heterocycles. The average molecular weight is 587 g/mol. The molecule has 1 aromatic heterocycles. The predicted molar refractivity (Wildman–Crippen MR) is 167 cm³/mol. The molecule has 220 valence electrons. The molecule has 42 heavy (non-hydrogen) atoms. The van der Waals surface area contributed by atoms with Crippen molar-refractivity contribution >= 4 is 27.2 Å². The highest BCUT2D eigenvalue weighted by Crippen LogP contribution is 2.41. The summed E-state index contributed by atoms with van der Waals surface area (Å²) < 4.78 is 12.1. The standard InChI is InChI=1S/C34H38N2O5S/c1-40-30-19-25(8-9-26(30)21-35-15-17-41-18-16-35)33(39)32-29-11-10-28(38)20-31(29)42-34(32)24-6-4-23(5-7-24)12-14-36-13-2-3-27(36)22-37/h4-11,19-20,27,37-38H,2-3,12-18,21-22H2,1H3/t27-/m0/s1. The zero-order valence-corrected chi connectivity index (χ0v) is 24.9. The van der Waals surface area contributed by atoms with E-state index in [0.29, 0.717) is 16.9 Å². The number of aromatic hydroxyl groups is 1. The number of benzene rings is 3. The third kappa shape index (κ3) is 6.09. The molecule has 0 bridgehead atoms. The number of nitrogens with zero attached hydrogens (tertiary/aromatic N) is 2. The summed E-state index contributed by atoms with van der Waals surface area (Å²) in [6, 6.07) is 19.7. The Bertz CT molecular complexity index is 1540. The van der Waals surface area contributed by atoms with Crippen molar-refractivity contribution in [3.8, 4) is 21.9 Å². The number of hydrogen-bond donors (Lipinski definition) is 2. The van der Waals surface area contributed by atoms with E-state index in [1.54, 1.807) is 19.2 Å². The number of ketones is 1. The minimum atomic E-state index is -0.0636. The van der Waals surface area contributed by atoms with Gasteiger partial charge in [-0.25, -0.2) is 0 Å². The van der Waals surface area contributed by atoms with Gasteiger partial charge in [-0.05, 0) is 61.2 Å². The maximum atomic E-state index is 14.2. The van der Waals surface area contributed by atoms with E-state index in [1.807, 2.05) is 24.3 Å². The molecule has 0 amide bonds. The Labute approximate surface area is 250 Å². The van der Waals surface area contributed by atoms with E-state index in [9.17, 15) is 15.0 Å². The van der Waals surface area contributed by atoms with Crippen LogP contribution in [0.25, 0.3) is 20.5 Å². The number of methoxy groups -OCH3 is 1. The molecule has 0 radical (unpaired) electrons. The number of ether oxygens (including phenoxy) is 2. The maximum absolute atomic E-state index is 14.2. The number of likely N-dealkylation sites (tertiary alicyclic amines) is 1. The van der Waals surface area contributed by atoms with Crippen LogP contribution in [0.15, 0.2) is 60.7 Å². The normalized spacial score (nSPS) is 18.1. The number of aliphatic hydroxyl groups excluding tert-OH is 1. The van der Waals surface area contributed by atoms with Crippen molar-refractivity contribution in [1.29, 1.82) is 0 Å². The van der Waals surface area contributed by atoms with Crippen LogP contribution < -0.4 is 4.74 Å². The number of carbonyl (C=O) groups is 1. The molecule has 3 heterocycles. The van der Waals surface area contributed by atoms with Gasteiger partial charge in [0, 0.05) is 63.9 Å². The number of phenolic OH excluding ortho intramolecular Hbond substituents is 1. The van der Waals surface area contributed by atoms with Gasteiger partial charge in [0.1, 0.15) is 11.5 Å². The highest BCUT2D eigenvalue weighted by atomic mass is 32.1. The number of aliphatic hydroxyl groups is 1. The number of carbonyl (C=O) groups excluding carboxylic acids is 1.